The molecule has 1 aromatic carbocycles. The van der Waals surface area contributed by atoms with Crippen LogP contribution in [0.15, 0.2) is 18.2 Å². The number of rotatable bonds is 4. The standard InChI is InChI=1S/C16H19N5O2/c1-20-6-7-21-12-4-3-10(23-2)9-11(12)13-14(21)15(20)19-16(18-13)17-5-8-22/h3-4,9,22H,5-8H2,1-2H3,(H,17,18,19). The summed E-state index contributed by atoms with van der Waals surface area (Å²) in [4.78, 5) is 11.4. The van der Waals surface area contributed by atoms with Gasteiger partial charge in [0.15, 0.2) is 5.82 Å². The van der Waals surface area contributed by atoms with Crippen LogP contribution in [0.4, 0.5) is 11.8 Å². The molecule has 1 aliphatic heterocycles. The van der Waals surface area contributed by atoms with Gasteiger partial charge in [0.1, 0.15) is 16.8 Å². The van der Waals surface area contributed by atoms with Gasteiger partial charge in [-0.1, -0.05) is 0 Å². The van der Waals surface area contributed by atoms with Crippen molar-refractivity contribution in [1.82, 2.24) is 14.5 Å². The van der Waals surface area contributed by atoms with Crippen LogP contribution >= 0.6 is 0 Å². The predicted molar refractivity (Wildman–Crippen MR) is 90.4 cm³/mol. The fourth-order valence-corrected chi connectivity index (χ4v) is 3.17. The molecule has 0 unspecified atom stereocenters. The molecule has 0 fully saturated rings. The molecule has 0 saturated heterocycles. The third kappa shape index (κ3) is 2.08. The van der Waals surface area contributed by atoms with E-state index in [4.69, 9.17) is 9.84 Å². The number of fused-ring (bicyclic) bond motifs is 3. The summed E-state index contributed by atoms with van der Waals surface area (Å²) in [5.41, 5.74) is 3.11. The average Bonchev–Trinajstić information content (AvgIpc) is 2.90. The van der Waals surface area contributed by atoms with E-state index in [0.717, 1.165) is 46.6 Å². The molecule has 0 spiro atoms. The van der Waals surface area contributed by atoms with Crippen molar-refractivity contribution >= 4 is 33.7 Å². The molecule has 0 atom stereocenters. The summed E-state index contributed by atoms with van der Waals surface area (Å²) in [6.07, 6.45) is 0. The van der Waals surface area contributed by atoms with Crippen LogP contribution in [0.25, 0.3) is 21.9 Å². The van der Waals surface area contributed by atoms with E-state index >= 15 is 0 Å². The Bertz CT molecular complexity index is 889. The van der Waals surface area contributed by atoms with E-state index in [1.807, 2.05) is 19.2 Å². The molecule has 7 heteroatoms. The minimum Gasteiger partial charge on any atom is -0.497 e. The molecule has 3 heterocycles. The molecule has 3 aromatic rings. The smallest absolute Gasteiger partial charge is 0.225 e. The first kappa shape index (κ1) is 14.1. The van der Waals surface area contributed by atoms with Gasteiger partial charge in [0.25, 0.3) is 0 Å². The maximum absolute atomic E-state index is 9.03. The van der Waals surface area contributed by atoms with Crippen LogP contribution in [-0.4, -0.2) is 53.5 Å². The number of benzene rings is 1. The summed E-state index contributed by atoms with van der Waals surface area (Å²) in [7, 11) is 3.71. The Balaban J connectivity index is 2.04. The Labute approximate surface area is 133 Å². The van der Waals surface area contributed by atoms with Crippen LogP contribution < -0.4 is 15.0 Å². The van der Waals surface area contributed by atoms with Crippen LogP contribution in [0.1, 0.15) is 0 Å². The fraction of sp³-hybridized carbons (Fsp3) is 0.375. The monoisotopic (exact) mass is 313 g/mol. The summed E-state index contributed by atoms with van der Waals surface area (Å²) in [6, 6.07) is 6.07. The average molecular weight is 313 g/mol. The number of hydrogen-bond acceptors (Lipinski definition) is 6. The van der Waals surface area contributed by atoms with Gasteiger partial charge in [-0.2, -0.15) is 4.98 Å². The van der Waals surface area contributed by atoms with Gasteiger partial charge in [0, 0.05) is 32.1 Å². The van der Waals surface area contributed by atoms with Crippen molar-refractivity contribution in [2.24, 2.45) is 0 Å². The Kier molecular flexibility index (Phi) is 3.23. The van der Waals surface area contributed by atoms with Crippen molar-refractivity contribution in [1.29, 1.82) is 0 Å². The van der Waals surface area contributed by atoms with Gasteiger partial charge in [-0.3, -0.25) is 0 Å². The van der Waals surface area contributed by atoms with Crippen molar-refractivity contribution < 1.29 is 9.84 Å². The molecule has 2 aromatic heterocycles. The molecular weight excluding hydrogens is 294 g/mol. The normalized spacial score (nSPS) is 13.8. The zero-order valence-corrected chi connectivity index (χ0v) is 13.2. The predicted octanol–water partition coefficient (Wildman–Crippen LogP) is 1.45. The number of ether oxygens (including phenoxy) is 1. The topological polar surface area (TPSA) is 75.4 Å². The summed E-state index contributed by atoms with van der Waals surface area (Å²) < 4.78 is 7.64. The third-order valence-electron chi connectivity index (χ3n) is 4.30. The Morgan fingerprint density at radius 2 is 2.17 bits per heavy atom. The van der Waals surface area contributed by atoms with Crippen molar-refractivity contribution in [3.63, 3.8) is 0 Å². The number of methoxy groups -OCH3 is 1. The number of aromatic nitrogens is 3. The lowest BCUT2D eigenvalue weighted by atomic mass is 10.2. The molecule has 120 valence electrons. The Morgan fingerprint density at radius 1 is 1.30 bits per heavy atom. The van der Waals surface area contributed by atoms with Crippen molar-refractivity contribution in [2.45, 2.75) is 6.54 Å². The third-order valence-corrected chi connectivity index (χ3v) is 4.30. The van der Waals surface area contributed by atoms with Gasteiger partial charge in [0.2, 0.25) is 5.95 Å². The number of aliphatic hydroxyl groups is 1. The lowest BCUT2D eigenvalue weighted by Gasteiger charge is -2.26. The number of anilines is 2. The van der Waals surface area contributed by atoms with E-state index in [1.165, 1.54) is 0 Å². The van der Waals surface area contributed by atoms with Crippen molar-refractivity contribution in [3.8, 4) is 5.75 Å². The van der Waals surface area contributed by atoms with Gasteiger partial charge < -0.3 is 24.6 Å². The molecule has 0 radical (unpaired) electrons. The summed E-state index contributed by atoms with van der Waals surface area (Å²) in [5, 5.41) is 13.2. The highest BCUT2D eigenvalue weighted by Gasteiger charge is 2.24. The number of nitrogens with zero attached hydrogens (tertiary/aromatic N) is 4. The van der Waals surface area contributed by atoms with E-state index in [0.29, 0.717) is 12.5 Å². The zero-order chi connectivity index (χ0) is 16.0. The maximum Gasteiger partial charge on any atom is 0.225 e. The highest BCUT2D eigenvalue weighted by molar-refractivity contribution is 6.10. The summed E-state index contributed by atoms with van der Waals surface area (Å²) >= 11 is 0. The van der Waals surface area contributed by atoms with E-state index in [2.05, 4.69) is 30.8 Å². The molecule has 23 heavy (non-hydrogen) atoms. The number of hydrogen-bond donors (Lipinski definition) is 2. The largest absolute Gasteiger partial charge is 0.497 e. The first-order valence-electron chi connectivity index (χ1n) is 7.67. The minimum atomic E-state index is 0.0438. The zero-order valence-electron chi connectivity index (χ0n) is 13.2. The molecular formula is C16H19N5O2. The van der Waals surface area contributed by atoms with Crippen molar-refractivity contribution in [3.05, 3.63) is 18.2 Å². The summed E-state index contributed by atoms with van der Waals surface area (Å²) in [6.45, 7) is 2.27. The maximum atomic E-state index is 9.03. The molecule has 2 N–H and O–H groups in total. The molecule has 0 bridgehead atoms. The number of nitrogens with one attached hydrogen (secondary N) is 1. The van der Waals surface area contributed by atoms with Gasteiger partial charge in [0.05, 0.1) is 19.2 Å². The fourth-order valence-electron chi connectivity index (χ4n) is 3.17. The Hall–Kier alpha value is -2.54. The van der Waals surface area contributed by atoms with E-state index < -0.39 is 0 Å². The van der Waals surface area contributed by atoms with E-state index in [-0.39, 0.29) is 6.61 Å². The highest BCUT2D eigenvalue weighted by Crippen LogP contribution is 2.37. The lowest BCUT2D eigenvalue weighted by molar-refractivity contribution is 0.311. The van der Waals surface area contributed by atoms with Gasteiger partial charge >= 0.3 is 0 Å². The Morgan fingerprint density at radius 3 is 2.96 bits per heavy atom. The van der Waals surface area contributed by atoms with Crippen LogP contribution in [0.5, 0.6) is 5.75 Å². The summed E-state index contributed by atoms with van der Waals surface area (Å²) in [5.74, 6) is 2.27. The second-order valence-electron chi connectivity index (χ2n) is 5.67. The molecule has 0 aliphatic carbocycles. The first-order valence-corrected chi connectivity index (χ1v) is 7.67. The van der Waals surface area contributed by atoms with Gasteiger partial charge in [-0.05, 0) is 18.2 Å². The molecule has 4 rings (SSSR count). The van der Waals surface area contributed by atoms with E-state index in [1.54, 1.807) is 7.11 Å². The van der Waals surface area contributed by atoms with Gasteiger partial charge in [-0.15, -0.1) is 0 Å². The van der Waals surface area contributed by atoms with Crippen LogP contribution in [0, 0.1) is 0 Å². The SMILES string of the molecule is COc1ccc2c(c1)c1nc(NCCO)nc3c1n2CCN3C. The second-order valence-corrected chi connectivity index (χ2v) is 5.67. The number of likely N-dealkylation sites (N-methyl/N-ethyl adjacent to an activating group) is 1. The molecule has 7 nitrogen and oxygen atoms in total. The molecule has 1 aliphatic rings. The minimum absolute atomic E-state index is 0.0438. The molecule has 0 saturated carbocycles. The number of aliphatic hydroxyl groups excluding tert-OH is 1. The van der Waals surface area contributed by atoms with E-state index in [9.17, 15) is 0 Å². The van der Waals surface area contributed by atoms with Gasteiger partial charge in [-0.25, -0.2) is 4.98 Å². The van der Waals surface area contributed by atoms with Crippen LogP contribution in [0.2, 0.25) is 0 Å². The van der Waals surface area contributed by atoms with Crippen LogP contribution in [0.3, 0.4) is 0 Å². The van der Waals surface area contributed by atoms with Crippen LogP contribution in [-0.2, 0) is 6.54 Å². The quantitative estimate of drug-likeness (QED) is 0.759. The first-order chi connectivity index (χ1) is 11.2. The van der Waals surface area contributed by atoms with Crippen molar-refractivity contribution in [2.75, 3.05) is 44.1 Å². The molecule has 0 amide bonds. The second kappa shape index (κ2) is 5.27. The highest BCUT2D eigenvalue weighted by atomic mass is 16.5. The lowest BCUT2D eigenvalue weighted by Crippen LogP contribution is -2.28.